The minimum Gasteiger partial charge on any atom is -0.323 e. The molecule has 1 aliphatic carbocycles. The normalized spacial score (nSPS) is 20.2. The molecule has 1 aromatic rings. The molecule has 0 saturated heterocycles. The van der Waals surface area contributed by atoms with Crippen molar-refractivity contribution < 1.29 is 0 Å². The van der Waals surface area contributed by atoms with E-state index in [9.17, 15) is 0 Å². The zero-order chi connectivity index (χ0) is 11.6. The molecule has 1 atom stereocenters. The Labute approximate surface area is 106 Å². The summed E-state index contributed by atoms with van der Waals surface area (Å²) < 4.78 is 1.11. The second-order valence-electron chi connectivity index (χ2n) is 4.78. The smallest absolute Gasteiger partial charge is 0.0364 e. The topological polar surface area (TPSA) is 38.0 Å². The van der Waals surface area contributed by atoms with Crippen LogP contribution in [-0.2, 0) is 0 Å². The van der Waals surface area contributed by atoms with Crippen LogP contribution in [0.4, 0.5) is 0 Å². The van der Waals surface area contributed by atoms with E-state index >= 15 is 0 Å². The molecule has 3 N–H and O–H groups in total. The zero-order valence-corrected chi connectivity index (χ0v) is 11.3. The molecule has 1 saturated carbocycles. The van der Waals surface area contributed by atoms with Gasteiger partial charge < -0.3 is 11.1 Å². The van der Waals surface area contributed by atoms with Crippen LogP contribution in [0.15, 0.2) is 28.7 Å². The largest absolute Gasteiger partial charge is 0.323 e. The van der Waals surface area contributed by atoms with E-state index in [1.165, 1.54) is 24.8 Å². The standard InChI is InChI=1S/C13H19BrN2/c1-16-9-13(7-2-8-13)12(15)10-3-5-11(14)6-4-10/h3-6,12,16H,2,7-9,15H2,1H3. The molecule has 0 aliphatic heterocycles. The van der Waals surface area contributed by atoms with Crippen molar-refractivity contribution in [2.45, 2.75) is 25.3 Å². The van der Waals surface area contributed by atoms with Gasteiger partial charge in [0.15, 0.2) is 0 Å². The molecular weight excluding hydrogens is 264 g/mol. The van der Waals surface area contributed by atoms with Crippen molar-refractivity contribution in [3.63, 3.8) is 0 Å². The summed E-state index contributed by atoms with van der Waals surface area (Å²) in [5.41, 5.74) is 7.94. The van der Waals surface area contributed by atoms with Gasteiger partial charge in [-0.2, -0.15) is 0 Å². The third-order valence-electron chi connectivity index (χ3n) is 3.77. The number of nitrogens with one attached hydrogen (secondary N) is 1. The quantitative estimate of drug-likeness (QED) is 0.891. The average molecular weight is 283 g/mol. The number of rotatable bonds is 4. The van der Waals surface area contributed by atoms with E-state index in [4.69, 9.17) is 5.73 Å². The highest BCUT2D eigenvalue weighted by molar-refractivity contribution is 9.10. The first kappa shape index (κ1) is 12.1. The maximum absolute atomic E-state index is 6.42. The zero-order valence-electron chi connectivity index (χ0n) is 9.67. The van der Waals surface area contributed by atoms with Crippen LogP contribution in [0.3, 0.4) is 0 Å². The van der Waals surface area contributed by atoms with Crippen LogP contribution in [-0.4, -0.2) is 13.6 Å². The van der Waals surface area contributed by atoms with Gasteiger partial charge in [-0.3, -0.25) is 0 Å². The SMILES string of the molecule is CNCC1(C(N)c2ccc(Br)cc2)CCC1. The van der Waals surface area contributed by atoms with Crippen molar-refractivity contribution >= 4 is 15.9 Å². The number of benzene rings is 1. The molecule has 0 spiro atoms. The molecule has 16 heavy (non-hydrogen) atoms. The number of hydrogen-bond acceptors (Lipinski definition) is 2. The van der Waals surface area contributed by atoms with E-state index in [1.54, 1.807) is 0 Å². The Morgan fingerprint density at radius 3 is 2.44 bits per heavy atom. The van der Waals surface area contributed by atoms with E-state index in [0.29, 0.717) is 0 Å². The van der Waals surface area contributed by atoms with Gasteiger partial charge in [0, 0.05) is 22.5 Å². The van der Waals surface area contributed by atoms with Crippen molar-refractivity contribution in [2.24, 2.45) is 11.1 Å². The molecule has 0 bridgehead atoms. The van der Waals surface area contributed by atoms with E-state index in [0.717, 1.165) is 11.0 Å². The molecule has 2 nitrogen and oxygen atoms in total. The average Bonchev–Trinajstić information content (AvgIpc) is 2.23. The molecule has 0 radical (unpaired) electrons. The monoisotopic (exact) mass is 282 g/mol. The van der Waals surface area contributed by atoms with Crippen LogP contribution in [0.2, 0.25) is 0 Å². The molecule has 1 aliphatic rings. The van der Waals surface area contributed by atoms with Gasteiger partial charge in [-0.15, -0.1) is 0 Å². The van der Waals surface area contributed by atoms with Crippen LogP contribution < -0.4 is 11.1 Å². The number of halogens is 1. The van der Waals surface area contributed by atoms with Gasteiger partial charge in [0.25, 0.3) is 0 Å². The molecule has 0 aromatic heterocycles. The Morgan fingerprint density at radius 1 is 1.38 bits per heavy atom. The molecule has 3 heteroatoms. The lowest BCUT2D eigenvalue weighted by atomic mass is 9.62. The lowest BCUT2D eigenvalue weighted by Gasteiger charge is -2.46. The summed E-state index contributed by atoms with van der Waals surface area (Å²) >= 11 is 3.45. The Kier molecular flexibility index (Phi) is 3.67. The highest BCUT2D eigenvalue weighted by Gasteiger charge is 2.42. The fourth-order valence-electron chi connectivity index (χ4n) is 2.60. The second-order valence-corrected chi connectivity index (χ2v) is 5.69. The van der Waals surface area contributed by atoms with Crippen molar-refractivity contribution in [3.8, 4) is 0 Å². The molecule has 1 fully saturated rings. The maximum Gasteiger partial charge on any atom is 0.0364 e. The first-order valence-electron chi connectivity index (χ1n) is 5.84. The van der Waals surface area contributed by atoms with Gasteiger partial charge in [0.2, 0.25) is 0 Å². The van der Waals surface area contributed by atoms with Gasteiger partial charge >= 0.3 is 0 Å². The third kappa shape index (κ3) is 2.17. The summed E-state index contributed by atoms with van der Waals surface area (Å²) in [5, 5.41) is 3.28. The fourth-order valence-corrected chi connectivity index (χ4v) is 2.87. The van der Waals surface area contributed by atoms with E-state index in [2.05, 4.69) is 45.5 Å². The highest BCUT2D eigenvalue weighted by atomic mass is 79.9. The van der Waals surface area contributed by atoms with Crippen molar-refractivity contribution in [2.75, 3.05) is 13.6 Å². The molecule has 0 heterocycles. The van der Waals surface area contributed by atoms with Gasteiger partial charge in [-0.25, -0.2) is 0 Å². The minimum absolute atomic E-state index is 0.154. The third-order valence-corrected chi connectivity index (χ3v) is 4.30. The predicted molar refractivity (Wildman–Crippen MR) is 71.3 cm³/mol. The fraction of sp³-hybridized carbons (Fsp3) is 0.538. The summed E-state index contributed by atoms with van der Waals surface area (Å²) in [7, 11) is 2.01. The van der Waals surface area contributed by atoms with Crippen LogP contribution in [0, 0.1) is 5.41 Å². The molecule has 1 aromatic carbocycles. The second kappa shape index (κ2) is 4.86. The lowest BCUT2D eigenvalue weighted by molar-refractivity contribution is 0.0947. The van der Waals surface area contributed by atoms with Gasteiger partial charge in [0.05, 0.1) is 0 Å². The van der Waals surface area contributed by atoms with E-state index in [-0.39, 0.29) is 11.5 Å². The van der Waals surface area contributed by atoms with Gasteiger partial charge in [-0.1, -0.05) is 34.5 Å². The van der Waals surface area contributed by atoms with Crippen LogP contribution in [0.25, 0.3) is 0 Å². The highest BCUT2D eigenvalue weighted by Crippen LogP contribution is 2.48. The summed E-state index contributed by atoms with van der Waals surface area (Å²) in [6.07, 6.45) is 3.79. The number of nitrogens with two attached hydrogens (primary N) is 1. The first-order chi connectivity index (χ1) is 7.68. The van der Waals surface area contributed by atoms with Crippen molar-refractivity contribution in [1.29, 1.82) is 0 Å². The predicted octanol–water partition coefficient (Wildman–Crippen LogP) is 2.84. The van der Waals surface area contributed by atoms with Crippen LogP contribution in [0.5, 0.6) is 0 Å². The molecule has 88 valence electrons. The summed E-state index contributed by atoms with van der Waals surface area (Å²) in [5.74, 6) is 0. The summed E-state index contributed by atoms with van der Waals surface area (Å²) in [4.78, 5) is 0. The van der Waals surface area contributed by atoms with E-state index in [1.807, 2.05) is 7.05 Å². The Bertz CT molecular complexity index is 343. The lowest BCUT2D eigenvalue weighted by Crippen LogP contribution is -2.46. The Hall–Kier alpha value is -0.380. The van der Waals surface area contributed by atoms with Gasteiger partial charge in [-0.05, 0) is 37.6 Å². The van der Waals surface area contributed by atoms with Crippen LogP contribution in [0.1, 0.15) is 30.9 Å². The van der Waals surface area contributed by atoms with Crippen molar-refractivity contribution in [3.05, 3.63) is 34.3 Å². The van der Waals surface area contributed by atoms with Crippen molar-refractivity contribution in [1.82, 2.24) is 5.32 Å². The summed E-state index contributed by atoms with van der Waals surface area (Å²) in [6, 6.07) is 8.55. The molecular formula is C13H19BrN2. The molecule has 2 rings (SSSR count). The Balaban J connectivity index is 2.16. The minimum atomic E-state index is 0.154. The number of hydrogen-bond donors (Lipinski definition) is 2. The van der Waals surface area contributed by atoms with Crippen LogP contribution >= 0.6 is 15.9 Å². The molecule has 0 amide bonds. The first-order valence-corrected chi connectivity index (χ1v) is 6.63. The summed E-state index contributed by atoms with van der Waals surface area (Å²) in [6.45, 7) is 1.02. The maximum atomic E-state index is 6.42. The Morgan fingerprint density at radius 2 is 2.00 bits per heavy atom. The molecule has 1 unspecified atom stereocenters. The van der Waals surface area contributed by atoms with Gasteiger partial charge in [0.1, 0.15) is 0 Å². The van der Waals surface area contributed by atoms with E-state index < -0.39 is 0 Å².